The number of carbonyl (C=O) groups excluding carboxylic acids is 1. The Morgan fingerprint density at radius 3 is 3.00 bits per heavy atom. The van der Waals surface area contributed by atoms with Crippen LogP contribution in [0, 0.1) is 0 Å². The van der Waals surface area contributed by atoms with E-state index in [-0.39, 0.29) is 6.10 Å². The summed E-state index contributed by atoms with van der Waals surface area (Å²) in [4.78, 5) is 10.9. The van der Waals surface area contributed by atoms with Crippen molar-refractivity contribution in [3.8, 4) is 11.5 Å². The lowest BCUT2D eigenvalue weighted by Gasteiger charge is -2.09. The summed E-state index contributed by atoms with van der Waals surface area (Å²) in [5.41, 5.74) is 1.59. The van der Waals surface area contributed by atoms with E-state index in [1.54, 1.807) is 13.2 Å². The molecule has 1 unspecified atom stereocenters. The van der Waals surface area contributed by atoms with Crippen molar-refractivity contribution < 1.29 is 14.3 Å². The van der Waals surface area contributed by atoms with Gasteiger partial charge in [0.05, 0.1) is 17.1 Å². The van der Waals surface area contributed by atoms with Gasteiger partial charge in [0.2, 0.25) is 0 Å². The molecular weight excluding hydrogens is 260 g/mol. The number of hydrogen-bond donors (Lipinski definition) is 0. The first kappa shape index (κ1) is 10.5. The van der Waals surface area contributed by atoms with Crippen LogP contribution in [0.1, 0.15) is 22.8 Å². The molecule has 1 aromatic rings. The average molecular weight is 271 g/mol. The molecule has 4 heteroatoms. The summed E-state index contributed by atoms with van der Waals surface area (Å²) in [7, 11) is 1.55. The molecule has 0 bridgehead atoms. The van der Waals surface area contributed by atoms with Crippen LogP contribution < -0.4 is 9.47 Å². The molecule has 1 heterocycles. The lowest BCUT2D eigenvalue weighted by molar-refractivity contribution is 0.112. The number of carbonyl (C=O) groups is 1. The van der Waals surface area contributed by atoms with Gasteiger partial charge >= 0.3 is 0 Å². The lowest BCUT2D eigenvalue weighted by atomic mass is 10.1. The van der Waals surface area contributed by atoms with E-state index in [4.69, 9.17) is 9.47 Å². The maximum absolute atomic E-state index is 10.9. The Bertz CT molecular complexity index is 415. The Morgan fingerprint density at radius 2 is 2.40 bits per heavy atom. The second-order valence-corrected chi connectivity index (χ2v) is 4.33. The summed E-state index contributed by atoms with van der Waals surface area (Å²) in [6, 6.07) is 1.73. The van der Waals surface area contributed by atoms with Gasteiger partial charge in [-0.05, 0) is 28.9 Å². The summed E-state index contributed by atoms with van der Waals surface area (Å²) >= 11 is 3.45. The molecule has 0 spiro atoms. The molecule has 1 aromatic carbocycles. The van der Waals surface area contributed by atoms with Crippen LogP contribution in [0.2, 0.25) is 0 Å². The van der Waals surface area contributed by atoms with E-state index in [1.807, 2.05) is 6.92 Å². The van der Waals surface area contributed by atoms with Crippen molar-refractivity contribution in [3.63, 3.8) is 0 Å². The minimum atomic E-state index is 0.155. The first-order chi connectivity index (χ1) is 7.17. The van der Waals surface area contributed by atoms with Crippen LogP contribution in [0.3, 0.4) is 0 Å². The fourth-order valence-electron chi connectivity index (χ4n) is 1.80. The Morgan fingerprint density at radius 1 is 1.67 bits per heavy atom. The van der Waals surface area contributed by atoms with Crippen molar-refractivity contribution in [2.75, 3.05) is 7.11 Å². The quantitative estimate of drug-likeness (QED) is 0.775. The third kappa shape index (κ3) is 1.63. The van der Waals surface area contributed by atoms with Crippen molar-refractivity contribution in [1.29, 1.82) is 0 Å². The molecule has 3 nitrogen and oxygen atoms in total. The van der Waals surface area contributed by atoms with Gasteiger partial charge in [-0.15, -0.1) is 0 Å². The van der Waals surface area contributed by atoms with Crippen LogP contribution in [0.15, 0.2) is 10.5 Å². The van der Waals surface area contributed by atoms with Crippen molar-refractivity contribution >= 4 is 22.2 Å². The molecule has 2 rings (SSSR count). The van der Waals surface area contributed by atoms with Crippen LogP contribution >= 0.6 is 15.9 Å². The second kappa shape index (κ2) is 3.85. The zero-order chi connectivity index (χ0) is 11.0. The molecule has 15 heavy (non-hydrogen) atoms. The summed E-state index contributed by atoms with van der Waals surface area (Å²) in [6.07, 6.45) is 1.77. The Balaban J connectivity index is 2.61. The third-order valence-electron chi connectivity index (χ3n) is 2.46. The Labute approximate surface area is 96.5 Å². The van der Waals surface area contributed by atoms with Gasteiger partial charge in [-0.3, -0.25) is 4.79 Å². The number of ether oxygens (including phenoxy) is 2. The number of fused-ring (bicyclic) bond motifs is 1. The van der Waals surface area contributed by atoms with E-state index in [2.05, 4.69) is 15.9 Å². The summed E-state index contributed by atoms with van der Waals surface area (Å²) in [5.74, 6) is 1.36. The number of aldehydes is 1. The molecule has 80 valence electrons. The molecule has 0 saturated carbocycles. The predicted molar refractivity (Wildman–Crippen MR) is 59.9 cm³/mol. The molecule has 0 amide bonds. The average Bonchev–Trinajstić information content (AvgIpc) is 2.59. The van der Waals surface area contributed by atoms with Gasteiger partial charge in [0.25, 0.3) is 0 Å². The summed E-state index contributed by atoms with van der Waals surface area (Å²) in [5, 5.41) is 0. The zero-order valence-corrected chi connectivity index (χ0v) is 10.1. The first-order valence-corrected chi connectivity index (χ1v) is 5.48. The van der Waals surface area contributed by atoms with E-state index >= 15 is 0 Å². The normalized spacial score (nSPS) is 18.2. The smallest absolute Gasteiger partial charge is 0.153 e. The highest BCUT2D eigenvalue weighted by Gasteiger charge is 2.25. The Kier molecular flexibility index (Phi) is 2.69. The molecule has 0 fully saturated rings. The number of benzene rings is 1. The highest BCUT2D eigenvalue weighted by molar-refractivity contribution is 9.10. The minimum absolute atomic E-state index is 0.155. The first-order valence-electron chi connectivity index (χ1n) is 4.68. The molecule has 1 aliphatic heterocycles. The standard InChI is InChI=1S/C11H11BrO3/c1-6-3-8-9(15-6)4-7(5-13)11(14-2)10(8)12/h4-6H,3H2,1-2H3. The highest BCUT2D eigenvalue weighted by atomic mass is 79.9. The summed E-state index contributed by atoms with van der Waals surface area (Å²) in [6.45, 7) is 2.00. The maximum atomic E-state index is 10.9. The van der Waals surface area contributed by atoms with Crippen molar-refractivity contribution in [2.45, 2.75) is 19.4 Å². The minimum Gasteiger partial charge on any atom is -0.495 e. The summed E-state index contributed by atoms with van der Waals surface area (Å²) < 4.78 is 11.6. The van der Waals surface area contributed by atoms with Gasteiger partial charge in [0, 0.05) is 12.0 Å². The SMILES string of the molecule is COc1c(C=O)cc2c(c1Br)CC(C)O2. The zero-order valence-electron chi connectivity index (χ0n) is 8.54. The fraction of sp³-hybridized carbons (Fsp3) is 0.364. The highest BCUT2D eigenvalue weighted by Crippen LogP contribution is 2.42. The van der Waals surface area contributed by atoms with Crippen LogP contribution in [-0.4, -0.2) is 19.5 Å². The molecule has 1 atom stereocenters. The fourth-order valence-corrected chi connectivity index (χ4v) is 2.55. The van der Waals surface area contributed by atoms with Gasteiger partial charge in [0.1, 0.15) is 17.6 Å². The van der Waals surface area contributed by atoms with Crippen LogP contribution in [0.5, 0.6) is 11.5 Å². The van der Waals surface area contributed by atoms with Crippen LogP contribution in [0.25, 0.3) is 0 Å². The van der Waals surface area contributed by atoms with Crippen molar-refractivity contribution in [1.82, 2.24) is 0 Å². The van der Waals surface area contributed by atoms with Crippen molar-refractivity contribution in [3.05, 3.63) is 21.7 Å². The lowest BCUT2D eigenvalue weighted by Crippen LogP contribution is -2.05. The van der Waals surface area contributed by atoms with Crippen molar-refractivity contribution in [2.24, 2.45) is 0 Å². The molecule has 0 aromatic heterocycles. The molecule has 0 aliphatic carbocycles. The number of rotatable bonds is 2. The predicted octanol–water partition coefficient (Wildman–Crippen LogP) is 2.59. The number of methoxy groups -OCH3 is 1. The second-order valence-electron chi connectivity index (χ2n) is 3.54. The van der Waals surface area contributed by atoms with Gasteiger partial charge in [-0.25, -0.2) is 0 Å². The topological polar surface area (TPSA) is 35.5 Å². The van der Waals surface area contributed by atoms with Crippen LogP contribution in [-0.2, 0) is 6.42 Å². The van der Waals surface area contributed by atoms with Crippen LogP contribution in [0.4, 0.5) is 0 Å². The Hall–Kier alpha value is -1.03. The van der Waals surface area contributed by atoms with E-state index in [0.717, 1.165) is 28.5 Å². The third-order valence-corrected chi connectivity index (χ3v) is 3.30. The van der Waals surface area contributed by atoms with E-state index in [0.29, 0.717) is 11.3 Å². The monoisotopic (exact) mass is 270 g/mol. The van der Waals surface area contributed by atoms with Gasteiger partial charge in [-0.2, -0.15) is 0 Å². The number of halogens is 1. The molecule has 0 saturated heterocycles. The molecular formula is C11H11BrO3. The molecule has 0 radical (unpaired) electrons. The maximum Gasteiger partial charge on any atom is 0.153 e. The number of hydrogen-bond acceptors (Lipinski definition) is 3. The van der Waals surface area contributed by atoms with Gasteiger partial charge in [-0.1, -0.05) is 0 Å². The molecule has 1 aliphatic rings. The molecule has 0 N–H and O–H groups in total. The van der Waals surface area contributed by atoms with Gasteiger partial charge in [0.15, 0.2) is 6.29 Å². The van der Waals surface area contributed by atoms with E-state index in [1.165, 1.54) is 0 Å². The largest absolute Gasteiger partial charge is 0.495 e. The van der Waals surface area contributed by atoms with E-state index in [9.17, 15) is 4.79 Å². The van der Waals surface area contributed by atoms with Gasteiger partial charge < -0.3 is 9.47 Å². The van der Waals surface area contributed by atoms with E-state index < -0.39 is 0 Å².